The molecule has 0 radical (unpaired) electrons. The fourth-order valence-electron chi connectivity index (χ4n) is 2.92. The highest BCUT2D eigenvalue weighted by atomic mass is 32.1. The summed E-state index contributed by atoms with van der Waals surface area (Å²) in [6.07, 6.45) is 4.62. The molecule has 4 rings (SSSR count). The quantitative estimate of drug-likeness (QED) is 0.469. The average molecular weight is 395 g/mol. The van der Waals surface area contributed by atoms with Crippen LogP contribution in [-0.4, -0.2) is 56.8 Å². The number of hydrogen-bond donors (Lipinski definition) is 2. The summed E-state index contributed by atoms with van der Waals surface area (Å²) in [7, 11) is 4.00. The first-order valence-corrected chi connectivity index (χ1v) is 9.90. The highest BCUT2D eigenvalue weighted by Gasteiger charge is 2.14. The maximum Gasteiger partial charge on any atom is 0.165 e. The molecule has 0 fully saturated rings. The number of thiophene rings is 1. The number of aliphatic hydroxyl groups is 1. The van der Waals surface area contributed by atoms with Crippen LogP contribution in [0.15, 0.2) is 54.3 Å². The van der Waals surface area contributed by atoms with Crippen LogP contribution in [0.3, 0.4) is 0 Å². The van der Waals surface area contributed by atoms with Gasteiger partial charge in [-0.2, -0.15) is 5.10 Å². The van der Waals surface area contributed by atoms with E-state index in [9.17, 15) is 5.11 Å². The van der Waals surface area contributed by atoms with Crippen molar-refractivity contribution >= 4 is 17.0 Å². The lowest BCUT2D eigenvalue weighted by atomic mass is 10.1. The molecule has 0 aliphatic rings. The number of aromatic nitrogens is 4. The molecule has 28 heavy (non-hydrogen) atoms. The van der Waals surface area contributed by atoms with Gasteiger partial charge in [0, 0.05) is 25.5 Å². The summed E-state index contributed by atoms with van der Waals surface area (Å²) in [5.41, 5.74) is 3.98. The van der Waals surface area contributed by atoms with E-state index >= 15 is 0 Å². The molecular weight excluding hydrogens is 372 g/mol. The van der Waals surface area contributed by atoms with E-state index in [-0.39, 0.29) is 0 Å². The zero-order chi connectivity index (χ0) is 19.5. The lowest BCUT2D eigenvalue weighted by molar-refractivity contribution is 0.136. The average Bonchev–Trinajstić information content (AvgIpc) is 3.37. The predicted molar refractivity (Wildman–Crippen MR) is 111 cm³/mol. The van der Waals surface area contributed by atoms with Gasteiger partial charge in [0.2, 0.25) is 0 Å². The Kier molecular flexibility index (Phi) is 5.45. The molecular formula is C20H22N6OS. The Labute approximate surface area is 167 Å². The Balaban J connectivity index is 1.64. The number of fused-ring (bicyclic) bond motifs is 1. The van der Waals surface area contributed by atoms with E-state index in [1.54, 1.807) is 28.2 Å². The highest BCUT2D eigenvalue weighted by Crippen LogP contribution is 2.27. The van der Waals surface area contributed by atoms with Crippen molar-refractivity contribution in [3.63, 3.8) is 0 Å². The van der Waals surface area contributed by atoms with Gasteiger partial charge in [0.05, 0.1) is 28.0 Å². The van der Waals surface area contributed by atoms with Crippen LogP contribution in [-0.2, 0) is 0 Å². The molecule has 0 aromatic carbocycles. The molecule has 1 atom stereocenters. The second kappa shape index (κ2) is 8.15. The molecule has 4 aromatic heterocycles. The molecule has 4 heterocycles. The van der Waals surface area contributed by atoms with E-state index in [2.05, 4.69) is 20.3 Å². The van der Waals surface area contributed by atoms with Crippen molar-refractivity contribution in [2.45, 2.75) is 6.23 Å². The molecule has 0 aliphatic carbocycles. The van der Waals surface area contributed by atoms with Crippen molar-refractivity contribution in [2.75, 3.05) is 27.2 Å². The summed E-state index contributed by atoms with van der Waals surface area (Å²) in [6.45, 7) is 1.53. The summed E-state index contributed by atoms with van der Waals surface area (Å²) in [5, 5.41) is 20.0. The summed E-state index contributed by atoms with van der Waals surface area (Å²) in [6, 6.07) is 9.71. The number of likely N-dealkylation sites (N-methyl/N-ethyl adjacent to an activating group) is 1. The molecule has 0 spiro atoms. The summed E-state index contributed by atoms with van der Waals surface area (Å²) < 4.78 is 1.74. The maximum absolute atomic E-state index is 10.4. The van der Waals surface area contributed by atoms with Crippen LogP contribution in [0.1, 0.15) is 11.8 Å². The van der Waals surface area contributed by atoms with Crippen molar-refractivity contribution in [3.8, 4) is 21.8 Å². The Hall–Kier alpha value is -2.65. The van der Waals surface area contributed by atoms with Crippen LogP contribution >= 0.6 is 11.3 Å². The molecule has 0 saturated heterocycles. The standard InChI is InChI=1S/C20H22N6OS/c1-25(2)10-8-22-20(27)14-5-7-21-17(12-14)15-13-23-26-9-6-16(24-19(15)26)18-4-3-11-28-18/h3-7,9,11-13,20,22,27H,8,10H2,1-2H3. The molecule has 0 amide bonds. The second-order valence-corrected chi connectivity index (χ2v) is 7.70. The van der Waals surface area contributed by atoms with Crippen LogP contribution in [0.2, 0.25) is 0 Å². The van der Waals surface area contributed by atoms with Crippen LogP contribution < -0.4 is 5.32 Å². The second-order valence-electron chi connectivity index (χ2n) is 6.75. The number of pyridine rings is 1. The third-order valence-electron chi connectivity index (χ3n) is 4.42. The number of hydrogen-bond acceptors (Lipinski definition) is 7. The molecule has 0 bridgehead atoms. The molecule has 7 nitrogen and oxygen atoms in total. The molecule has 2 N–H and O–H groups in total. The van der Waals surface area contributed by atoms with Gasteiger partial charge in [-0.25, -0.2) is 9.50 Å². The van der Waals surface area contributed by atoms with Crippen LogP contribution in [0.25, 0.3) is 27.5 Å². The van der Waals surface area contributed by atoms with E-state index in [4.69, 9.17) is 4.98 Å². The monoisotopic (exact) mass is 394 g/mol. The topological polar surface area (TPSA) is 78.6 Å². The number of nitrogens with one attached hydrogen (secondary N) is 1. The van der Waals surface area contributed by atoms with Crippen molar-refractivity contribution in [1.82, 2.24) is 29.8 Å². The lowest BCUT2D eigenvalue weighted by Crippen LogP contribution is -2.29. The first-order valence-electron chi connectivity index (χ1n) is 9.02. The molecule has 0 aliphatic heterocycles. The minimum atomic E-state index is -0.752. The van der Waals surface area contributed by atoms with Gasteiger partial charge in [-0.3, -0.25) is 10.3 Å². The first-order chi connectivity index (χ1) is 13.6. The summed E-state index contributed by atoms with van der Waals surface area (Å²) in [4.78, 5) is 12.4. The van der Waals surface area contributed by atoms with Gasteiger partial charge in [0.1, 0.15) is 6.23 Å². The van der Waals surface area contributed by atoms with E-state index in [1.807, 2.05) is 56.0 Å². The van der Waals surface area contributed by atoms with Gasteiger partial charge in [0.25, 0.3) is 0 Å². The molecule has 4 aromatic rings. The Morgan fingerprint density at radius 3 is 2.93 bits per heavy atom. The largest absolute Gasteiger partial charge is 0.374 e. The number of nitrogens with zero attached hydrogens (tertiary/aromatic N) is 5. The minimum absolute atomic E-state index is 0.689. The Morgan fingerprint density at radius 2 is 2.14 bits per heavy atom. The van der Waals surface area contributed by atoms with Crippen LogP contribution in [0.5, 0.6) is 0 Å². The van der Waals surface area contributed by atoms with Gasteiger partial charge in [-0.15, -0.1) is 11.3 Å². The Bertz CT molecular complexity index is 1060. The fraction of sp³-hybridized carbons (Fsp3) is 0.250. The maximum atomic E-state index is 10.4. The zero-order valence-electron chi connectivity index (χ0n) is 15.8. The van der Waals surface area contributed by atoms with Gasteiger partial charge < -0.3 is 10.0 Å². The van der Waals surface area contributed by atoms with Crippen molar-refractivity contribution in [2.24, 2.45) is 0 Å². The van der Waals surface area contributed by atoms with Crippen molar-refractivity contribution in [1.29, 1.82) is 0 Å². The predicted octanol–water partition coefficient (Wildman–Crippen LogP) is 2.66. The molecule has 0 saturated carbocycles. The first kappa shape index (κ1) is 18.7. The lowest BCUT2D eigenvalue weighted by Gasteiger charge is -2.16. The Morgan fingerprint density at radius 1 is 1.25 bits per heavy atom. The third kappa shape index (κ3) is 3.95. The van der Waals surface area contributed by atoms with E-state index in [0.29, 0.717) is 6.54 Å². The summed E-state index contributed by atoms with van der Waals surface area (Å²) >= 11 is 1.65. The molecule has 1 unspecified atom stereocenters. The summed E-state index contributed by atoms with van der Waals surface area (Å²) in [5.74, 6) is 0. The fourth-order valence-corrected chi connectivity index (χ4v) is 3.61. The number of rotatable bonds is 7. The third-order valence-corrected chi connectivity index (χ3v) is 5.31. The van der Waals surface area contributed by atoms with Gasteiger partial charge in [0.15, 0.2) is 5.65 Å². The molecule has 8 heteroatoms. The van der Waals surface area contributed by atoms with E-state index < -0.39 is 6.23 Å². The van der Waals surface area contributed by atoms with E-state index in [0.717, 1.165) is 39.6 Å². The van der Waals surface area contributed by atoms with Crippen molar-refractivity contribution in [3.05, 3.63) is 59.9 Å². The SMILES string of the molecule is CN(C)CCNC(O)c1ccnc(-c2cnn3ccc(-c4cccs4)nc23)c1. The van der Waals surface area contributed by atoms with Gasteiger partial charge in [-0.05, 0) is 49.3 Å². The van der Waals surface area contributed by atoms with Gasteiger partial charge in [-0.1, -0.05) is 6.07 Å². The van der Waals surface area contributed by atoms with Crippen molar-refractivity contribution < 1.29 is 5.11 Å². The molecule has 144 valence electrons. The smallest absolute Gasteiger partial charge is 0.165 e. The normalized spacial score (nSPS) is 12.7. The van der Waals surface area contributed by atoms with E-state index in [1.165, 1.54) is 0 Å². The zero-order valence-corrected chi connectivity index (χ0v) is 16.6. The van der Waals surface area contributed by atoms with Crippen LogP contribution in [0, 0.1) is 0 Å². The van der Waals surface area contributed by atoms with Crippen LogP contribution in [0.4, 0.5) is 0 Å². The number of aliphatic hydroxyl groups excluding tert-OH is 1. The highest BCUT2D eigenvalue weighted by molar-refractivity contribution is 7.13. The van der Waals surface area contributed by atoms with Gasteiger partial charge >= 0.3 is 0 Å². The minimum Gasteiger partial charge on any atom is -0.374 e.